The second-order valence-corrected chi connectivity index (χ2v) is 6.29. The van der Waals surface area contributed by atoms with E-state index in [0.29, 0.717) is 18.1 Å². The Morgan fingerprint density at radius 1 is 1.21 bits per heavy atom. The zero-order valence-corrected chi connectivity index (χ0v) is 14.4. The van der Waals surface area contributed by atoms with Gasteiger partial charge in [0.1, 0.15) is 0 Å². The van der Waals surface area contributed by atoms with E-state index in [1.54, 1.807) is 12.4 Å². The Kier molecular flexibility index (Phi) is 5.08. The Morgan fingerprint density at radius 2 is 1.92 bits per heavy atom. The lowest BCUT2D eigenvalue weighted by atomic mass is 9.99. The van der Waals surface area contributed by atoms with Gasteiger partial charge in [0.15, 0.2) is 0 Å². The van der Waals surface area contributed by atoms with Crippen molar-refractivity contribution in [3.8, 4) is 0 Å². The van der Waals surface area contributed by atoms with Gasteiger partial charge in [-0.05, 0) is 24.0 Å². The quantitative estimate of drug-likeness (QED) is 0.848. The summed E-state index contributed by atoms with van der Waals surface area (Å²) in [5.74, 6) is 0.677. The van der Waals surface area contributed by atoms with E-state index in [9.17, 15) is 4.79 Å². The summed E-state index contributed by atoms with van der Waals surface area (Å²) in [5.41, 5.74) is 3.13. The van der Waals surface area contributed by atoms with Crippen molar-refractivity contribution in [1.82, 2.24) is 14.9 Å². The Morgan fingerprint density at radius 3 is 2.62 bits per heavy atom. The first-order chi connectivity index (χ1) is 11.7. The standard InChI is InChI=1S/C19H24N4O/c1-3-4-10-22(2)19-20-12-17(13-21-19)18(24)23-11-9-15-7-5-6-8-16(15)14-23/h5-8,12-13H,3-4,9-11,14H2,1-2H3. The van der Waals surface area contributed by atoms with Gasteiger partial charge in [0.05, 0.1) is 5.56 Å². The number of fused-ring (bicyclic) bond motifs is 1. The Hall–Kier alpha value is -2.43. The molecule has 0 saturated heterocycles. The van der Waals surface area contributed by atoms with E-state index in [0.717, 1.165) is 32.4 Å². The molecule has 0 aliphatic carbocycles. The molecule has 5 heteroatoms. The molecule has 1 aromatic carbocycles. The molecular formula is C19H24N4O. The highest BCUT2D eigenvalue weighted by Gasteiger charge is 2.22. The predicted molar refractivity (Wildman–Crippen MR) is 95.1 cm³/mol. The number of amides is 1. The number of unbranched alkanes of at least 4 members (excludes halogenated alkanes) is 1. The molecule has 126 valence electrons. The zero-order chi connectivity index (χ0) is 16.9. The molecule has 0 atom stereocenters. The fourth-order valence-electron chi connectivity index (χ4n) is 2.98. The molecule has 24 heavy (non-hydrogen) atoms. The van der Waals surface area contributed by atoms with Gasteiger partial charge in [-0.1, -0.05) is 37.6 Å². The van der Waals surface area contributed by atoms with Gasteiger partial charge < -0.3 is 9.80 Å². The minimum Gasteiger partial charge on any atom is -0.344 e. The fourth-order valence-corrected chi connectivity index (χ4v) is 2.98. The molecule has 5 nitrogen and oxygen atoms in total. The summed E-state index contributed by atoms with van der Waals surface area (Å²) >= 11 is 0. The van der Waals surface area contributed by atoms with Gasteiger partial charge in [-0.3, -0.25) is 4.79 Å². The van der Waals surface area contributed by atoms with Gasteiger partial charge in [0, 0.05) is 39.1 Å². The number of aromatic nitrogens is 2. The summed E-state index contributed by atoms with van der Waals surface area (Å²) in [6, 6.07) is 8.31. The molecule has 0 N–H and O–H groups in total. The van der Waals surface area contributed by atoms with E-state index in [-0.39, 0.29) is 5.91 Å². The van der Waals surface area contributed by atoms with Crippen molar-refractivity contribution in [3.63, 3.8) is 0 Å². The summed E-state index contributed by atoms with van der Waals surface area (Å²) in [5, 5.41) is 0. The second kappa shape index (κ2) is 7.43. The average molecular weight is 324 g/mol. The van der Waals surface area contributed by atoms with Gasteiger partial charge in [0.2, 0.25) is 5.95 Å². The van der Waals surface area contributed by atoms with Gasteiger partial charge in [-0.2, -0.15) is 0 Å². The highest BCUT2D eigenvalue weighted by molar-refractivity contribution is 5.93. The lowest BCUT2D eigenvalue weighted by molar-refractivity contribution is 0.0734. The zero-order valence-electron chi connectivity index (χ0n) is 14.4. The van der Waals surface area contributed by atoms with Crippen LogP contribution in [0.15, 0.2) is 36.7 Å². The topological polar surface area (TPSA) is 49.3 Å². The minimum atomic E-state index is 0.00673. The summed E-state index contributed by atoms with van der Waals surface area (Å²) in [7, 11) is 1.98. The van der Waals surface area contributed by atoms with Crippen LogP contribution >= 0.6 is 0 Å². The maximum atomic E-state index is 12.7. The molecule has 0 spiro atoms. The van der Waals surface area contributed by atoms with Crippen molar-refractivity contribution >= 4 is 11.9 Å². The number of hydrogen-bond donors (Lipinski definition) is 0. The molecule has 2 heterocycles. The molecule has 1 amide bonds. The van der Waals surface area contributed by atoms with Crippen LogP contribution in [0.25, 0.3) is 0 Å². The smallest absolute Gasteiger partial charge is 0.257 e. The van der Waals surface area contributed by atoms with Crippen molar-refractivity contribution in [3.05, 3.63) is 53.3 Å². The van der Waals surface area contributed by atoms with Gasteiger partial charge in [0.25, 0.3) is 5.91 Å². The normalized spacial score (nSPS) is 13.5. The van der Waals surface area contributed by atoms with Crippen molar-refractivity contribution in [2.75, 3.05) is 25.0 Å². The minimum absolute atomic E-state index is 0.00673. The van der Waals surface area contributed by atoms with Crippen LogP contribution in [-0.2, 0) is 13.0 Å². The summed E-state index contributed by atoms with van der Waals surface area (Å²) in [6.07, 6.45) is 6.44. The van der Waals surface area contributed by atoms with Crippen LogP contribution in [0.2, 0.25) is 0 Å². The van der Waals surface area contributed by atoms with Crippen LogP contribution in [0.5, 0.6) is 0 Å². The van der Waals surface area contributed by atoms with Gasteiger partial charge in [-0.25, -0.2) is 9.97 Å². The Bertz CT molecular complexity index is 699. The second-order valence-electron chi connectivity index (χ2n) is 6.29. The Balaban J connectivity index is 1.67. The molecule has 0 fully saturated rings. The van der Waals surface area contributed by atoms with Crippen molar-refractivity contribution in [2.45, 2.75) is 32.7 Å². The number of hydrogen-bond acceptors (Lipinski definition) is 4. The third kappa shape index (κ3) is 3.55. The van der Waals surface area contributed by atoms with Crippen LogP contribution in [0.1, 0.15) is 41.3 Å². The highest BCUT2D eigenvalue weighted by atomic mass is 16.2. The van der Waals surface area contributed by atoms with E-state index in [4.69, 9.17) is 0 Å². The van der Waals surface area contributed by atoms with E-state index in [2.05, 4.69) is 35.1 Å². The molecule has 0 bridgehead atoms. The molecule has 3 rings (SSSR count). The molecule has 1 aromatic heterocycles. The largest absolute Gasteiger partial charge is 0.344 e. The first-order valence-corrected chi connectivity index (χ1v) is 8.58. The van der Waals surface area contributed by atoms with Crippen LogP contribution < -0.4 is 4.90 Å². The molecule has 1 aliphatic rings. The molecular weight excluding hydrogens is 300 g/mol. The summed E-state index contributed by atoms with van der Waals surface area (Å²) in [6.45, 7) is 4.49. The summed E-state index contributed by atoms with van der Waals surface area (Å²) < 4.78 is 0. The van der Waals surface area contributed by atoms with Crippen molar-refractivity contribution in [1.29, 1.82) is 0 Å². The number of rotatable bonds is 5. The number of anilines is 1. The third-order valence-corrected chi connectivity index (χ3v) is 4.49. The highest BCUT2D eigenvalue weighted by Crippen LogP contribution is 2.20. The number of nitrogens with zero attached hydrogens (tertiary/aromatic N) is 4. The van der Waals surface area contributed by atoms with Crippen LogP contribution in [0.4, 0.5) is 5.95 Å². The van der Waals surface area contributed by atoms with Crippen molar-refractivity contribution in [2.24, 2.45) is 0 Å². The van der Waals surface area contributed by atoms with Crippen molar-refractivity contribution < 1.29 is 4.79 Å². The molecule has 2 aromatic rings. The number of carbonyl (C=O) groups is 1. The monoisotopic (exact) mass is 324 g/mol. The predicted octanol–water partition coefficient (Wildman–Crippen LogP) is 2.91. The van der Waals surface area contributed by atoms with E-state index >= 15 is 0 Å². The molecule has 1 aliphatic heterocycles. The van der Waals surface area contributed by atoms with Gasteiger partial charge >= 0.3 is 0 Å². The number of benzene rings is 1. The molecule has 0 unspecified atom stereocenters. The van der Waals surface area contributed by atoms with E-state index in [1.165, 1.54) is 11.1 Å². The fraction of sp³-hybridized carbons (Fsp3) is 0.421. The van der Waals surface area contributed by atoms with Crippen LogP contribution in [0, 0.1) is 0 Å². The average Bonchev–Trinajstić information content (AvgIpc) is 2.65. The first-order valence-electron chi connectivity index (χ1n) is 8.58. The first kappa shape index (κ1) is 16.4. The number of carbonyl (C=O) groups excluding carboxylic acids is 1. The van der Waals surface area contributed by atoms with Crippen LogP contribution in [-0.4, -0.2) is 40.9 Å². The lowest BCUT2D eigenvalue weighted by Crippen LogP contribution is -2.36. The maximum Gasteiger partial charge on any atom is 0.257 e. The van der Waals surface area contributed by atoms with E-state index in [1.807, 2.05) is 22.9 Å². The van der Waals surface area contributed by atoms with Crippen LogP contribution in [0.3, 0.4) is 0 Å². The van der Waals surface area contributed by atoms with E-state index < -0.39 is 0 Å². The lowest BCUT2D eigenvalue weighted by Gasteiger charge is -2.28. The maximum absolute atomic E-state index is 12.7. The SMILES string of the molecule is CCCCN(C)c1ncc(C(=O)N2CCc3ccccc3C2)cn1. The Labute approximate surface area is 143 Å². The third-order valence-electron chi connectivity index (χ3n) is 4.49. The molecule has 0 radical (unpaired) electrons. The molecule has 0 saturated carbocycles. The summed E-state index contributed by atoms with van der Waals surface area (Å²) in [4.78, 5) is 25.3. The van der Waals surface area contributed by atoms with Gasteiger partial charge in [-0.15, -0.1) is 0 Å².